The Morgan fingerprint density at radius 2 is 2.12 bits per heavy atom. The number of anilines is 1. The number of hydrogen-bond donors (Lipinski definition) is 2. The predicted molar refractivity (Wildman–Crippen MR) is 83.8 cm³/mol. The fourth-order valence-corrected chi connectivity index (χ4v) is 2.76. The molecule has 3 N–H and O–H groups in total. The van der Waals surface area contributed by atoms with Gasteiger partial charge in [0.2, 0.25) is 11.8 Å². The number of rotatable bonds is 4. The van der Waals surface area contributed by atoms with Gasteiger partial charge in [0.05, 0.1) is 6.04 Å². The molecule has 0 unspecified atom stereocenters. The molecule has 1 aromatic rings. The van der Waals surface area contributed by atoms with Crippen LogP contribution in [-0.4, -0.2) is 36.6 Å². The highest BCUT2D eigenvalue weighted by atomic mass is 35.5. The fraction of sp³-hybridized carbons (Fsp3) is 0.467. The number of nitrogens with one attached hydrogen (secondary N) is 1. The van der Waals surface area contributed by atoms with Gasteiger partial charge in [-0.15, -0.1) is 0 Å². The summed E-state index contributed by atoms with van der Waals surface area (Å²) < 4.78 is 37.0. The Morgan fingerprint density at radius 1 is 1.46 bits per heavy atom. The van der Waals surface area contributed by atoms with Crippen LogP contribution in [0.4, 0.5) is 18.9 Å². The van der Waals surface area contributed by atoms with E-state index in [0.717, 1.165) is 0 Å². The van der Waals surface area contributed by atoms with Crippen LogP contribution in [0, 0.1) is 0 Å². The summed E-state index contributed by atoms with van der Waals surface area (Å²) in [5, 5.41) is 2.24. The van der Waals surface area contributed by atoms with Crippen molar-refractivity contribution in [3.63, 3.8) is 0 Å². The molecule has 0 aromatic heterocycles. The SMILES string of the molecule is CC[C@H](N)C(=O)N1c2ccc(Cl)cc2C[C@H]1C(=O)NCC(F)(F)F. The van der Waals surface area contributed by atoms with Crippen molar-refractivity contribution in [2.75, 3.05) is 11.4 Å². The first-order valence-electron chi connectivity index (χ1n) is 7.35. The molecule has 24 heavy (non-hydrogen) atoms. The standard InChI is InChI=1S/C15H17ClF3N3O2/c1-2-10(20)14(24)22-11-4-3-9(16)5-8(11)6-12(22)13(23)21-7-15(17,18)19/h3-5,10,12H,2,6-7,20H2,1H3,(H,21,23)/t10-,12-/m0/s1. The maximum absolute atomic E-state index is 12.5. The van der Waals surface area contributed by atoms with Crippen molar-refractivity contribution in [1.29, 1.82) is 0 Å². The number of fused-ring (bicyclic) bond motifs is 1. The minimum atomic E-state index is -4.53. The van der Waals surface area contributed by atoms with E-state index in [1.54, 1.807) is 25.1 Å². The van der Waals surface area contributed by atoms with E-state index < -0.39 is 36.6 Å². The third-order valence-electron chi connectivity index (χ3n) is 3.79. The lowest BCUT2D eigenvalue weighted by atomic mass is 10.1. The molecule has 9 heteroatoms. The van der Waals surface area contributed by atoms with Crippen LogP contribution in [0.3, 0.4) is 0 Å². The molecule has 0 fully saturated rings. The minimum absolute atomic E-state index is 0.0851. The number of carbonyl (C=O) groups excluding carboxylic acids is 2. The van der Waals surface area contributed by atoms with E-state index in [4.69, 9.17) is 17.3 Å². The summed E-state index contributed by atoms with van der Waals surface area (Å²) in [7, 11) is 0. The lowest BCUT2D eigenvalue weighted by Gasteiger charge is -2.27. The maximum atomic E-state index is 12.5. The van der Waals surface area contributed by atoms with Gasteiger partial charge in [-0.3, -0.25) is 14.5 Å². The zero-order chi connectivity index (χ0) is 18.1. The Bertz CT molecular complexity index is 651. The van der Waals surface area contributed by atoms with E-state index in [-0.39, 0.29) is 6.42 Å². The highest BCUT2D eigenvalue weighted by molar-refractivity contribution is 6.30. The van der Waals surface area contributed by atoms with Crippen LogP contribution in [0.2, 0.25) is 5.02 Å². The molecule has 1 heterocycles. The lowest BCUT2D eigenvalue weighted by Crippen LogP contribution is -2.53. The average Bonchev–Trinajstić information content (AvgIpc) is 2.88. The molecule has 2 atom stereocenters. The third-order valence-corrected chi connectivity index (χ3v) is 4.02. The monoisotopic (exact) mass is 363 g/mol. The first kappa shape index (κ1) is 18.5. The highest BCUT2D eigenvalue weighted by Gasteiger charge is 2.40. The molecule has 0 spiro atoms. The van der Waals surface area contributed by atoms with Gasteiger partial charge >= 0.3 is 6.18 Å². The van der Waals surface area contributed by atoms with E-state index in [1.165, 1.54) is 4.90 Å². The molecule has 0 saturated heterocycles. The topological polar surface area (TPSA) is 75.4 Å². The Kier molecular flexibility index (Phi) is 5.39. The van der Waals surface area contributed by atoms with Crippen LogP contribution in [-0.2, 0) is 16.0 Å². The lowest BCUT2D eigenvalue weighted by molar-refractivity contribution is -0.139. The number of benzene rings is 1. The summed E-state index contributed by atoms with van der Waals surface area (Å²) in [5.41, 5.74) is 6.82. The zero-order valence-corrected chi connectivity index (χ0v) is 13.6. The summed E-state index contributed by atoms with van der Waals surface area (Å²) in [6, 6.07) is 2.78. The second-order valence-corrected chi connectivity index (χ2v) is 5.99. The molecule has 1 aliphatic rings. The molecule has 0 saturated carbocycles. The van der Waals surface area contributed by atoms with E-state index in [1.807, 2.05) is 5.32 Å². The maximum Gasteiger partial charge on any atom is 0.405 e. The summed E-state index contributed by atoms with van der Waals surface area (Å²) in [4.78, 5) is 25.9. The van der Waals surface area contributed by atoms with Gasteiger partial charge in [0.15, 0.2) is 0 Å². The molecule has 132 valence electrons. The van der Waals surface area contributed by atoms with Gasteiger partial charge in [0, 0.05) is 17.1 Å². The van der Waals surface area contributed by atoms with Gasteiger partial charge in [-0.1, -0.05) is 18.5 Å². The van der Waals surface area contributed by atoms with Crippen LogP contribution in [0.5, 0.6) is 0 Å². The number of carbonyl (C=O) groups is 2. The van der Waals surface area contributed by atoms with E-state index in [9.17, 15) is 22.8 Å². The van der Waals surface area contributed by atoms with Gasteiger partial charge in [-0.05, 0) is 30.2 Å². The van der Waals surface area contributed by atoms with Crippen molar-refractivity contribution in [2.45, 2.75) is 38.0 Å². The molecule has 0 bridgehead atoms. The number of nitrogens with two attached hydrogens (primary N) is 1. The van der Waals surface area contributed by atoms with Gasteiger partial charge < -0.3 is 11.1 Å². The Morgan fingerprint density at radius 3 is 2.71 bits per heavy atom. The largest absolute Gasteiger partial charge is 0.405 e. The molecular weight excluding hydrogens is 347 g/mol. The van der Waals surface area contributed by atoms with Crippen molar-refractivity contribution in [1.82, 2.24) is 5.32 Å². The van der Waals surface area contributed by atoms with Gasteiger partial charge in [-0.2, -0.15) is 13.2 Å². The summed E-state index contributed by atoms with van der Waals surface area (Å²) in [5.74, 6) is -1.39. The minimum Gasteiger partial charge on any atom is -0.345 e. The van der Waals surface area contributed by atoms with Crippen LogP contribution >= 0.6 is 11.6 Å². The van der Waals surface area contributed by atoms with Gasteiger partial charge in [0.25, 0.3) is 0 Å². The molecule has 2 amide bonds. The molecule has 0 aliphatic carbocycles. The summed E-state index contributed by atoms with van der Waals surface area (Å²) in [6.45, 7) is 0.251. The normalized spacial score (nSPS) is 18.2. The number of amides is 2. The van der Waals surface area contributed by atoms with E-state index in [0.29, 0.717) is 22.7 Å². The summed E-state index contributed by atoms with van der Waals surface area (Å²) >= 11 is 5.91. The second kappa shape index (κ2) is 6.98. The molecule has 0 radical (unpaired) electrons. The Balaban J connectivity index is 2.29. The van der Waals surface area contributed by atoms with Crippen LogP contribution in [0.1, 0.15) is 18.9 Å². The number of alkyl halides is 3. The van der Waals surface area contributed by atoms with Crippen LogP contribution in [0.15, 0.2) is 18.2 Å². The number of nitrogens with zero attached hydrogens (tertiary/aromatic N) is 1. The third kappa shape index (κ3) is 3.99. The Hall–Kier alpha value is -1.80. The van der Waals surface area contributed by atoms with Crippen LogP contribution in [0.25, 0.3) is 0 Å². The first-order valence-corrected chi connectivity index (χ1v) is 7.73. The van der Waals surface area contributed by atoms with Crippen molar-refractivity contribution in [3.8, 4) is 0 Å². The summed E-state index contributed by atoms with van der Waals surface area (Å²) in [6.07, 6.45) is -4.10. The first-order chi connectivity index (χ1) is 11.1. The van der Waals surface area contributed by atoms with E-state index >= 15 is 0 Å². The van der Waals surface area contributed by atoms with Crippen molar-refractivity contribution in [3.05, 3.63) is 28.8 Å². The van der Waals surface area contributed by atoms with Crippen molar-refractivity contribution >= 4 is 29.1 Å². The quantitative estimate of drug-likeness (QED) is 0.859. The highest BCUT2D eigenvalue weighted by Crippen LogP contribution is 2.35. The number of halogens is 4. The van der Waals surface area contributed by atoms with Gasteiger partial charge in [-0.25, -0.2) is 0 Å². The second-order valence-electron chi connectivity index (χ2n) is 5.55. The van der Waals surface area contributed by atoms with E-state index in [2.05, 4.69) is 0 Å². The fourth-order valence-electron chi connectivity index (χ4n) is 2.56. The van der Waals surface area contributed by atoms with Crippen molar-refractivity contribution < 1.29 is 22.8 Å². The predicted octanol–water partition coefficient (Wildman–Crippen LogP) is 2.01. The Labute approximate surface area is 141 Å². The zero-order valence-electron chi connectivity index (χ0n) is 12.9. The van der Waals surface area contributed by atoms with Gasteiger partial charge in [0.1, 0.15) is 12.6 Å². The average molecular weight is 364 g/mol. The molecule has 1 aliphatic heterocycles. The van der Waals surface area contributed by atoms with Crippen molar-refractivity contribution in [2.24, 2.45) is 5.73 Å². The molecular formula is C15H17ClF3N3O2. The number of hydrogen-bond acceptors (Lipinski definition) is 3. The molecule has 2 rings (SSSR count). The van der Waals surface area contributed by atoms with Crippen LogP contribution < -0.4 is 16.0 Å². The molecule has 1 aromatic carbocycles. The molecule has 5 nitrogen and oxygen atoms in total. The smallest absolute Gasteiger partial charge is 0.345 e.